The number of benzene rings is 3. The number of hydrogen-bond donors (Lipinski definition) is 1. The molecule has 0 aliphatic carbocycles. The summed E-state index contributed by atoms with van der Waals surface area (Å²) in [6, 6.07) is 17.8. The van der Waals surface area contributed by atoms with E-state index in [2.05, 4.69) is 5.32 Å². The van der Waals surface area contributed by atoms with Crippen molar-refractivity contribution in [1.29, 1.82) is 0 Å². The first kappa shape index (κ1) is 23.9. The molecule has 0 fully saturated rings. The third kappa shape index (κ3) is 6.61. The van der Waals surface area contributed by atoms with E-state index in [0.29, 0.717) is 25.3 Å². The van der Waals surface area contributed by atoms with E-state index in [4.69, 9.17) is 8.92 Å². The Morgan fingerprint density at radius 3 is 2.30 bits per heavy atom. The Balaban J connectivity index is 1.59. The number of nitrogens with zero attached hydrogens (tertiary/aromatic N) is 1. The third-order valence-electron chi connectivity index (χ3n) is 4.59. The van der Waals surface area contributed by atoms with Crippen LogP contribution in [0.4, 0.5) is 5.69 Å². The van der Waals surface area contributed by atoms with Crippen LogP contribution >= 0.6 is 0 Å². The molecule has 9 nitrogen and oxygen atoms in total. The van der Waals surface area contributed by atoms with E-state index in [1.807, 2.05) is 31.2 Å². The molecule has 0 aliphatic rings. The van der Waals surface area contributed by atoms with E-state index in [1.54, 1.807) is 0 Å². The average Bonchev–Trinajstić information content (AvgIpc) is 2.82. The number of carbonyl (C=O) groups is 1. The standard InChI is InChI=1S/C23H22N2O7S/c1-2-31-16-18-8-6-17(7-9-18)15-24-23(26)19-10-12-21(13-11-19)32-33(29,30)22-5-3-4-20(14-22)25(27)28/h3-14H,2,15-16H2,1H3,(H,24,26). The lowest BCUT2D eigenvalue weighted by atomic mass is 10.1. The lowest BCUT2D eigenvalue weighted by Gasteiger charge is -2.09. The largest absolute Gasteiger partial charge is 0.379 e. The first-order valence-electron chi connectivity index (χ1n) is 10.0. The van der Waals surface area contributed by atoms with Crippen LogP contribution in [0, 0.1) is 10.1 Å². The molecule has 0 spiro atoms. The van der Waals surface area contributed by atoms with E-state index in [-0.39, 0.29) is 22.2 Å². The summed E-state index contributed by atoms with van der Waals surface area (Å²) in [5, 5.41) is 13.7. The van der Waals surface area contributed by atoms with Crippen molar-refractivity contribution < 1.29 is 27.1 Å². The predicted molar refractivity (Wildman–Crippen MR) is 120 cm³/mol. The molecule has 0 aliphatic heterocycles. The Morgan fingerprint density at radius 1 is 1.00 bits per heavy atom. The summed E-state index contributed by atoms with van der Waals surface area (Å²) in [5.74, 6) is -0.357. The van der Waals surface area contributed by atoms with Crippen molar-refractivity contribution in [3.05, 3.63) is 99.6 Å². The molecule has 0 unspecified atom stereocenters. The highest BCUT2D eigenvalue weighted by atomic mass is 32.2. The van der Waals surface area contributed by atoms with Gasteiger partial charge in [-0.2, -0.15) is 8.42 Å². The van der Waals surface area contributed by atoms with Gasteiger partial charge in [0.2, 0.25) is 0 Å². The van der Waals surface area contributed by atoms with Crippen LogP contribution in [0.25, 0.3) is 0 Å². The first-order valence-corrected chi connectivity index (χ1v) is 11.4. The maximum Gasteiger partial charge on any atom is 0.339 e. The number of non-ortho nitro benzene ring substituents is 1. The quantitative estimate of drug-likeness (QED) is 0.271. The Labute approximate surface area is 191 Å². The molecular formula is C23H22N2O7S. The molecule has 33 heavy (non-hydrogen) atoms. The highest BCUT2D eigenvalue weighted by Gasteiger charge is 2.20. The van der Waals surface area contributed by atoms with Gasteiger partial charge in [-0.1, -0.05) is 30.3 Å². The van der Waals surface area contributed by atoms with E-state index < -0.39 is 15.0 Å². The Hall–Kier alpha value is -3.76. The number of hydrogen-bond acceptors (Lipinski definition) is 7. The summed E-state index contributed by atoms with van der Waals surface area (Å²) in [6.07, 6.45) is 0. The molecule has 0 atom stereocenters. The van der Waals surface area contributed by atoms with Crippen molar-refractivity contribution in [2.75, 3.05) is 6.61 Å². The summed E-state index contributed by atoms with van der Waals surface area (Å²) in [4.78, 5) is 22.2. The monoisotopic (exact) mass is 470 g/mol. The number of amides is 1. The molecule has 3 aromatic rings. The highest BCUT2D eigenvalue weighted by Crippen LogP contribution is 2.22. The van der Waals surface area contributed by atoms with Gasteiger partial charge in [0.15, 0.2) is 0 Å². The molecule has 3 aromatic carbocycles. The zero-order chi connectivity index (χ0) is 23.8. The van der Waals surface area contributed by atoms with E-state index >= 15 is 0 Å². The van der Waals surface area contributed by atoms with Gasteiger partial charge >= 0.3 is 10.1 Å². The van der Waals surface area contributed by atoms with E-state index in [1.165, 1.54) is 42.5 Å². The number of rotatable bonds is 10. The minimum absolute atomic E-state index is 0.0251. The highest BCUT2D eigenvalue weighted by molar-refractivity contribution is 7.87. The first-order chi connectivity index (χ1) is 15.8. The number of nitrogens with one attached hydrogen (secondary N) is 1. The molecule has 0 saturated carbocycles. The molecule has 1 N–H and O–H groups in total. The van der Waals surface area contributed by atoms with Crippen molar-refractivity contribution >= 4 is 21.7 Å². The van der Waals surface area contributed by atoms with Gasteiger partial charge in [0.05, 0.1) is 11.5 Å². The molecular weight excluding hydrogens is 448 g/mol. The minimum atomic E-state index is -4.27. The Morgan fingerprint density at radius 2 is 1.67 bits per heavy atom. The van der Waals surface area contributed by atoms with Gasteiger partial charge in [0.25, 0.3) is 11.6 Å². The van der Waals surface area contributed by atoms with Crippen molar-refractivity contribution in [3.8, 4) is 5.75 Å². The van der Waals surface area contributed by atoms with Crippen molar-refractivity contribution in [3.63, 3.8) is 0 Å². The number of nitro groups is 1. The summed E-state index contributed by atoms with van der Waals surface area (Å²) < 4.78 is 35.2. The Bertz CT molecular complexity index is 1220. The molecule has 3 rings (SSSR count). The molecule has 1 amide bonds. The molecule has 0 bridgehead atoms. The van der Waals surface area contributed by atoms with Crippen LogP contribution in [0.15, 0.2) is 77.7 Å². The lowest BCUT2D eigenvalue weighted by Crippen LogP contribution is -2.22. The van der Waals surface area contributed by atoms with Gasteiger partial charge in [0.1, 0.15) is 10.6 Å². The zero-order valence-corrected chi connectivity index (χ0v) is 18.6. The fourth-order valence-corrected chi connectivity index (χ4v) is 3.82. The lowest BCUT2D eigenvalue weighted by molar-refractivity contribution is -0.385. The van der Waals surface area contributed by atoms with Crippen LogP contribution in [-0.2, 0) is 28.0 Å². The van der Waals surface area contributed by atoms with Crippen LogP contribution in [0.5, 0.6) is 5.75 Å². The zero-order valence-electron chi connectivity index (χ0n) is 17.8. The van der Waals surface area contributed by atoms with Gasteiger partial charge < -0.3 is 14.2 Å². The molecule has 0 radical (unpaired) electrons. The maximum absolute atomic E-state index is 12.4. The van der Waals surface area contributed by atoms with Gasteiger partial charge in [-0.15, -0.1) is 0 Å². The van der Waals surface area contributed by atoms with Gasteiger partial charge in [-0.25, -0.2) is 0 Å². The van der Waals surface area contributed by atoms with E-state index in [0.717, 1.165) is 17.2 Å². The second-order valence-electron chi connectivity index (χ2n) is 6.95. The molecule has 0 heterocycles. The van der Waals surface area contributed by atoms with Crippen LogP contribution in [0.3, 0.4) is 0 Å². The smallest absolute Gasteiger partial charge is 0.339 e. The molecule has 10 heteroatoms. The molecule has 0 saturated heterocycles. The maximum atomic E-state index is 12.4. The average molecular weight is 471 g/mol. The van der Waals surface area contributed by atoms with Crippen molar-refractivity contribution in [1.82, 2.24) is 5.32 Å². The van der Waals surface area contributed by atoms with Crippen molar-refractivity contribution in [2.45, 2.75) is 25.0 Å². The number of carbonyl (C=O) groups excluding carboxylic acids is 1. The van der Waals surface area contributed by atoms with Crippen LogP contribution in [-0.4, -0.2) is 25.9 Å². The fourth-order valence-electron chi connectivity index (χ4n) is 2.85. The van der Waals surface area contributed by atoms with Crippen LogP contribution in [0.2, 0.25) is 0 Å². The topological polar surface area (TPSA) is 125 Å². The van der Waals surface area contributed by atoms with Gasteiger partial charge in [0, 0.05) is 30.8 Å². The second-order valence-corrected chi connectivity index (χ2v) is 8.50. The van der Waals surface area contributed by atoms with Crippen LogP contribution in [0.1, 0.15) is 28.4 Å². The number of ether oxygens (including phenoxy) is 1. The molecule has 0 aromatic heterocycles. The summed E-state index contributed by atoms with van der Waals surface area (Å²) in [5.41, 5.74) is 1.92. The van der Waals surface area contributed by atoms with Crippen LogP contribution < -0.4 is 9.50 Å². The third-order valence-corrected chi connectivity index (χ3v) is 5.83. The number of nitro benzene ring substituents is 1. The summed E-state index contributed by atoms with van der Waals surface area (Å²) >= 11 is 0. The predicted octanol–water partition coefficient (Wildman–Crippen LogP) is 3.83. The molecule has 172 valence electrons. The van der Waals surface area contributed by atoms with Gasteiger partial charge in [-0.05, 0) is 48.4 Å². The fraction of sp³-hybridized carbons (Fsp3) is 0.174. The second kappa shape index (κ2) is 10.7. The van der Waals surface area contributed by atoms with E-state index in [9.17, 15) is 23.3 Å². The van der Waals surface area contributed by atoms with Gasteiger partial charge in [-0.3, -0.25) is 14.9 Å². The normalized spacial score (nSPS) is 11.1. The summed E-state index contributed by atoms with van der Waals surface area (Å²) in [6.45, 7) is 3.43. The Kier molecular flexibility index (Phi) is 7.75. The van der Waals surface area contributed by atoms with Crippen molar-refractivity contribution in [2.24, 2.45) is 0 Å². The summed E-state index contributed by atoms with van der Waals surface area (Å²) in [7, 11) is -4.27. The minimum Gasteiger partial charge on any atom is -0.379 e. The SMILES string of the molecule is CCOCc1ccc(CNC(=O)c2ccc(OS(=O)(=O)c3cccc([N+](=O)[O-])c3)cc2)cc1.